The van der Waals surface area contributed by atoms with E-state index in [-0.39, 0.29) is 11.9 Å². The second kappa shape index (κ2) is 6.60. The van der Waals surface area contributed by atoms with Crippen LogP contribution in [0, 0.1) is 11.7 Å². The van der Waals surface area contributed by atoms with Crippen molar-refractivity contribution in [3.05, 3.63) is 29.6 Å². The third kappa shape index (κ3) is 4.73. The van der Waals surface area contributed by atoms with Gasteiger partial charge in [0.05, 0.1) is 6.10 Å². The van der Waals surface area contributed by atoms with Crippen LogP contribution in [0.3, 0.4) is 0 Å². The molecule has 2 nitrogen and oxygen atoms in total. The van der Waals surface area contributed by atoms with Crippen molar-refractivity contribution in [2.75, 3.05) is 7.05 Å². The molecule has 1 atom stereocenters. The monoisotopic (exact) mass is 239 g/mol. The van der Waals surface area contributed by atoms with E-state index in [9.17, 15) is 4.39 Å². The molecule has 0 radical (unpaired) electrons. The van der Waals surface area contributed by atoms with E-state index in [2.05, 4.69) is 19.2 Å². The molecule has 17 heavy (non-hydrogen) atoms. The van der Waals surface area contributed by atoms with Crippen LogP contribution in [0.4, 0.5) is 4.39 Å². The first-order chi connectivity index (χ1) is 8.02. The van der Waals surface area contributed by atoms with Crippen molar-refractivity contribution < 1.29 is 9.13 Å². The van der Waals surface area contributed by atoms with Crippen molar-refractivity contribution in [3.8, 4) is 5.75 Å². The van der Waals surface area contributed by atoms with Crippen molar-refractivity contribution in [1.82, 2.24) is 5.32 Å². The molecule has 0 aromatic heterocycles. The van der Waals surface area contributed by atoms with Gasteiger partial charge in [0.2, 0.25) is 0 Å². The molecule has 1 aromatic carbocycles. The zero-order valence-electron chi connectivity index (χ0n) is 11.1. The summed E-state index contributed by atoms with van der Waals surface area (Å²) in [5, 5.41) is 2.99. The first kappa shape index (κ1) is 14.0. The number of hydrogen-bond donors (Lipinski definition) is 1. The normalized spacial score (nSPS) is 12.8. The Morgan fingerprint density at radius 1 is 1.29 bits per heavy atom. The summed E-state index contributed by atoms with van der Waals surface area (Å²) in [4.78, 5) is 0. The molecule has 0 saturated heterocycles. The Labute approximate surface area is 103 Å². The standard InChI is InChI=1S/C14H22FNO/c1-10(2)7-11(3)17-14-6-5-12(9-16-4)8-13(14)15/h5-6,8,10-11,16H,7,9H2,1-4H3. The van der Waals surface area contributed by atoms with Crippen molar-refractivity contribution in [2.24, 2.45) is 5.92 Å². The minimum Gasteiger partial charge on any atom is -0.488 e. The van der Waals surface area contributed by atoms with Gasteiger partial charge in [0, 0.05) is 6.54 Å². The van der Waals surface area contributed by atoms with Crippen LogP contribution in [-0.2, 0) is 6.54 Å². The molecule has 1 rings (SSSR count). The molecule has 0 amide bonds. The molecule has 1 N–H and O–H groups in total. The Balaban J connectivity index is 2.65. The zero-order chi connectivity index (χ0) is 12.8. The van der Waals surface area contributed by atoms with Gasteiger partial charge in [-0.15, -0.1) is 0 Å². The van der Waals surface area contributed by atoms with Crippen LogP contribution in [0.1, 0.15) is 32.8 Å². The third-order valence-corrected chi connectivity index (χ3v) is 2.51. The highest BCUT2D eigenvalue weighted by molar-refractivity contribution is 5.29. The van der Waals surface area contributed by atoms with Crippen molar-refractivity contribution >= 4 is 0 Å². The predicted octanol–water partition coefficient (Wildman–Crippen LogP) is 3.36. The van der Waals surface area contributed by atoms with Crippen LogP contribution < -0.4 is 10.1 Å². The summed E-state index contributed by atoms with van der Waals surface area (Å²) >= 11 is 0. The molecule has 1 aromatic rings. The summed E-state index contributed by atoms with van der Waals surface area (Å²) in [6, 6.07) is 5.11. The fourth-order valence-corrected chi connectivity index (χ4v) is 1.88. The molecule has 0 bridgehead atoms. The molecule has 0 fully saturated rings. The molecule has 0 aliphatic carbocycles. The summed E-state index contributed by atoms with van der Waals surface area (Å²) in [6.07, 6.45) is 0.970. The van der Waals surface area contributed by atoms with E-state index in [0.717, 1.165) is 12.0 Å². The Morgan fingerprint density at radius 3 is 2.53 bits per heavy atom. The fourth-order valence-electron chi connectivity index (χ4n) is 1.88. The molecule has 96 valence electrons. The highest BCUT2D eigenvalue weighted by atomic mass is 19.1. The van der Waals surface area contributed by atoms with E-state index in [1.54, 1.807) is 6.07 Å². The lowest BCUT2D eigenvalue weighted by molar-refractivity contribution is 0.185. The summed E-state index contributed by atoms with van der Waals surface area (Å²) in [7, 11) is 1.84. The molecule has 1 unspecified atom stereocenters. The number of nitrogens with one attached hydrogen (secondary N) is 1. The Hall–Kier alpha value is -1.09. The van der Waals surface area contributed by atoms with Gasteiger partial charge < -0.3 is 10.1 Å². The smallest absolute Gasteiger partial charge is 0.165 e. The first-order valence-corrected chi connectivity index (χ1v) is 6.12. The van der Waals surface area contributed by atoms with Gasteiger partial charge in [0.15, 0.2) is 11.6 Å². The number of ether oxygens (including phenoxy) is 1. The van der Waals surface area contributed by atoms with E-state index < -0.39 is 0 Å². The van der Waals surface area contributed by atoms with Gasteiger partial charge in [0.25, 0.3) is 0 Å². The minimum atomic E-state index is -0.284. The molecule has 0 spiro atoms. The number of rotatable bonds is 6. The quantitative estimate of drug-likeness (QED) is 0.822. The Morgan fingerprint density at radius 2 is 2.00 bits per heavy atom. The van der Waals surface area contributed by atoms with Crippen LogP contribution >= 0.6 is 0 Å². The van der Waals surface area contributed by atoms with Gasteiger partial charge in [-0.1, -0.05) is 19.9 Å². The number of hydrogen-bond acceptors (Lipinski definition) is 2. The van der Waals surface area contributed by atoms with Crippen molar-refractivity contribution in [3.63, 3.8) is 0 Å². The van der Waals surface area contributed by atoms with Crippen LogP contribution in [-0.4, -0.2) is 13.2 Å². The van der Waals surface area contributed by atoms with Gasteiger partial charge in [-0.2, -0.15) is 0 Å². The summed E-state index contributed by atoms with van der Waals surface area (Å²) in [5.74, 6) is 0.614. The van der Waals surface area contributed by atoms with Crippen molar-refractivity contribution in [2.45, 2.75) is 39.8 Å². The highest BCUT2D eigenvalue weighted by Crippen LogP contribution is 2.21. The van der Waals surface area contributed by atoms with Crippen LogP contribution in [0.25, 0.3) is 0 Å². The maximum atomic E-state index is 13.7. The molecular weight excluding hydrogens is 217 g/mol. The third-order valence-electron chi connectivity index (χ3n) is 2.51. The maximum Gasteiger partial charge on any atom is 0.165 e. The predicted molar refractivity (Wildman–Crippen MR) is 68.7 cm³/mol. The molecule has 0 aliphatic rings. The number of halogens is 1. The van der Waals surface area contributed by atoms with E-state index in [0.29, 0.717) is 18.2 Å². The lowest BCUT2D eigenvalue weighted by Crippen LogP contribution is -2.15. The summed E-state index contributed by atoms with van der Waals surface area (Å²) < 4.78 is 19.3. The molecule has 0 heterocycles. The average Bonchev–Trinajstić information content (AvgIpc) is 2.21. The largest absolute Gasteiger partial charge is 0.488 e. The zero-order valence-corrected chi connectivity index (χ0v) is 11.1. The highest BCUT2D eigenvalue weighted by Gasteiger charge is 2.10. The summed E-state index contributed by atoms with van der Waals surface area (Å²) in [6.45, 7) is 6.90. The topological polar surface area (TPSA) is 21.3 Å². The average molecular weight is 239 g/mol. The Bertz CT molecular complexity index is 352. The molecular formula is C14H22FNO. The fraction of sp³-hybridized carbons (Fsp3) is 0.571. The number of benzene rings is 1. The van der Waals surface area contributed by atoms with Crippen LogP contribution in [0.2, 0.25) is 0 Å². The molecule has 3 heteroatoms. The molecule has 0 aliphatic heterocycles. The van der Waals surface area contributed by atoms with Crippen LogP contribution in [0.15, 0.2) is 18.2 Å². The first-order valence-electron chi connectivity index (χ1n) is 6.12. The van der Waals surface area contributed by atoms with Gasteiger partial charge in [-0.05, 0) is 44.0 Å². The van der Waals surface area contributed by atoms with Crippen molar-refractivity contribution in [1.29, 1.82) is 0 Å². The molecule has 0 saturated carbocycles. The SMILES string of the molecule is CNCc1ccc(OC(C)CC(C)C)c(F)c1. The van der Waals surface area contributed by atoms with E-state index in [4.69, 9.17) is 4.74 Å². The van der Waals surface area contributed by atoms with Gasteiger partial charge in [0.1, 0.15) is 0 Å². The lowest BCUT2D eigenvalue weighted by atomic mass is 10.1. The van der Waals surface area contributed by atoms with Gasteiger partial charge >= 0.3 is 0 Å². The maximum absolute atomic E-state index is 13.7. The van der Waals surface area contributed by atoms with Crippen LogP contribution in [0.5, 0.6) is 5.75 Å². The second-order valence-electron chi connectivity index (χ2n) is 4.85. The van der Waals surface area contributed by atoms with Gasteiger partial charge in [-0.3, -0.25) is 0 Å². The van der Waals surface area contributed by atoms with E-state index in [1.165, 1.54) is 6.07 Å². The summed E-state index contributed by atoms with van der Waals surface area (Å²) in [5.41, 5.74) is 0.925. The van der Waals surface area contributed by atoms with Gasteiger partial charge in [-0.25, -0.2) is 4.39 Å². The van der Waals surface area contributed by atoms with E-state index in [1.807, 2.05) is 20.0 Å². The van der Waals surface area contributed by atoms with E-state index >= 15 is 0 Å². The second-order valence-corrected chi connectivity index (χ2v) is 4.85. The minimum absolute atomic E-state index is 0.0413. The lowest BCUT2D eigenvalue weighted by Gasteiger charge is -2.17. The Kier molecular flexibility index (Phi) is 5.42.